The first-order chi connectivity index (χ1) is 16.9. The summed E-state index contributed by atoms with van der Waals surface area (Å²) >= 11 is 1.34. The Morgan fingerprint density at radius 2 is 1.34 bits per heavy atom. The number of hydrogen-bond acceptors (Lipinski definition) is 5. The van der Waals surface area contributed by atoms with Crippen molar-refractivity contribution in [3.63, 3.8) is 0 Å². The van der Waals surface area contributed by atoms with E-state index in [1.165, 1.54) is 119 Å². The van der Waals surface area contributed by atoms with Crippen LogP contribution in [-0.4, -0.2) is 33.1 Å². The number of ether oxygens (including phenoxy) is 1. The lowest BCUT2D eigenvalue weighted by atomic mass is 10.0. The van der Waals surface area contributed by atoms with Crippen LogP contribution in [0.1, 0.15) is 124 Å². The minimum Gasteiger partial charge on any atom is -0.508 e. The predicted molar refractivity (Wildman–Crippen MR) is 148 cm³/mol. The second kappa shape index (κ2) is 20.5. The van der Waals surface area contributed by atoms with E-state index in [2.05, 4.69) is 13.8 Å². The number of rotatable bonds is 21. The van der Waals surface area contributed by atoms with Crippen LogP contribution in [0, 0.1) is 0 Å². The Balaban J connectivity index is 2.06. The molecule has 0 heterocycles. The van der Waals surface area contributed by atoms with Crippen LogP contribution in [0.3, 0.4) is 0 Å². The first-order valence-corrected chi connectivity index (χ1v) is 14.7. The van der Waals surface area contributed by atoms with Gasteiger partial charge in [-0.1, -0.05) is 104 Å². The molecule has 0 saturated heterocycles. The number of carbonyl (C=O) groups is 2. The van der Waals surface area contributed by atoms with Crippen molar-refractivity contribution in [2.45, 2.75) is 129 Å². The summed E-state index contributed by atoms with van der Waals surface area (Å²) in [5, 5.41) is 9.53. The topological polar surface area (TPSA) is 66.8 Å². The van der Waals surface area contributed by atoms with Gasteiger partial charge in [0.25, 0.3) is 0 Å². The van der Waals surface area contributed by atoms with Crippen LogP contribution in [0.15, 0.2) is 24.3 Å². The van der Waals surface area contributed by atoms with Crippen molar-refractivity contribution in [3.05, 3.63) is 24.3 Å². The minimum absolute atomic E-state index is 0.138. The number of phenolic OH excluding ortho intramolecular Hbond substituents is 1. The van der Waals surface area contributed by atoms with E-state index in [9.17, 15) is 14.7 Å². The molecular weight excluding hydrogens is 458 g/mol. The van der Waals surface area contributed by atoms with E-state index in [1.807, 2.05) is 0 Å². The van der Waals surface area contributed by atoms with Gasteiger partial charge in [0, 0.05) is 12.2 Å². The summed E-state index contributed by atoms with van der Waals surface area (Å²) in [6.45, 7) is 5.99. The van der Waals surface area contributed by atoms with Crippen molar-refractivity contribution >= 4 is 23.8 Å². The first-order valence-electron chi connectivity index (χ1n) is 13.9. The van der Waals surface area contributed by atoms with Crippen LogP contribution in [0.25, 0.3) is 0 Å². The molecule has 0 bridgehead atoms. The van der Waals surface area contributed by atoms with Crippen molar-refractivity contribution in [1.29, 1.82) is 0 Å². The van der Waals surface area contributed by atoms with Crippen LogP contribution in [0.4, 0.5) is 0 Å². The van der Waals surface area contributed by atoms with E-state index in [4.69, 9.17) is 4.74 Å². The summed E-state index contributed by atoms with van der Waals surface area (Å²) < 4.78 is 6.83. The lowest BCUT2D eigenvalue weighted by Gasteiger charge is -2.21. The molecule has 0 spiro atoms. The van der Waals surface area contributed by atoms with Crippen LogP contribution >= 0.6 is 11.9 Å². The van der Waals surface area contributed by atoms with Crippen LogP contribution in [0.5, 0.6) is 11.5 Å². The average Bonchev–Trinajstić information content (AvgIpc) is 2.83. The molecular formula is C29H49NO4S. The Morgan fingerprint density at radius 3 is 1.83 bits per heavy atom. The second-order valence-corrected chi connectivity index (χ2v) is 11.0. The van der Waals surface area contributed by atoms with Crippen molar-refractivity contribution in [3.8, 4) is 11.5 Å². The summed E-state index contributed by atoms with van der Waals surface area (Å²) in [6.07, 6.45) is 20.0. The molecule has 1 aromatic carbocycles. The van der Waals surface area contributed by atoms with Gasteiger partial charge in [-0.2, -0.15) is 0 Å². The third kappa shape index (κ3) is 16.6. The molecule has 0 aliphatic carbocycles. The SMILES string of the molecule is CCCCCCCCCCCCCCCCC(C)SN(C(C)=O)C(=O)CCOc1ccc(O)cc1. The molecule has 0 aliphatic rings. The fourth-order valence-electron chi connectivity index (χ4n) is 4.07. The lowest BCUT2D eigenvalue weighted by molar-refractivity contribution is -0.136. The molecule has 1 aromatic rings. The zero-order valence-electron chi connectivity index (χ0n) is 22.4. The quantitative estimate of drug-likeness (QED) is 0.134. The minimum atomic E-state index is -0.238. The Kier molecular flexibility index (Phi) is 18.4. The monoisotopic (exact) mass is 507 g/mol. The van der Waals surface area contributed by atoms with E-state index < -0.39 is 0 Å². The Hall–Kier alpha value is -1.69. The van der Waals surface area contributed by atoms with Crippen LogP contribution < -0.4 is 4.74 Å². The Morgan fingerprint density at radius 1 is 0.857 bits per heavy atom. The van der Waals surface area contributed by atoms with Crippen molar-refractivity contribution < 1.29 is 19.4 Å². The van der Waals surface area contributed by atoms with E-state index in [0.717, 1.165) is 12.8 Å². The molecule has 35 heavy (non-hydrogen) atoms. The summed E-state index contributed by atoms with van der Waals surface area (Å²) in [4.78, 5) is 24.5. The van der Waals surface area contributed by atoms with Crippen LogP contribution in [-0.2, 0) is 9.59 Å². The predicted octanol–water partition coefficient (Wildman–Crippen LogP) is 8.44. The van der Waals surface area contributed by atoms with E-state index >= 15 is 0 Å². The van der Waals surface area contributed by atoms with Crippen molar-refractivity contribution in [2.24, 2.45) is 0 Å². The third-order valence-electron chi connectivity index (χ3n) is 6.18. The molecule has 1 atom stereocenters. The summed E-state index contributed by atoms with van der Waals surface area (Å²) in [5.74, 6) is 0.288. The lowest BCUT2D eigenvalue weighted by Crippen LogP contribution is -2.31. The first kappa shape index (κ1) is 31.3. The highest BCUT2D eigenvalue weighted by atomic mass is 32.2. The number of carbonyl (C=O) groups excluding carboxylic acids is 2. The molecule has 1 rings (SSSR count). The van der Waals surface area contributed by atoms with Gasteiger partial charge in [0.2, 0.25) is 11.8 Å². The molecule has 0 aromatic heterocycles. The van der Waals surface area contributed by atoms with Gasteiger partial charge < -0.3 is 9.84 Å². The molecule has 5 nitrogen and oxygen atoms in total. The molecule has 0 fully saturated rings. The van der Waals surface area contributed by atoms with Crippen molar-refractivity contribution in [2.75, 3.05) is 6.61 Å². The van der Waals surface area contributed by atoms with Gasteiger partial charge in [0.15, 0.2) is 0 Å². The van der Waals surface area contributed by atoms with E-state index in [0.29, 0.717) is 5.75 Å². The maximum Gasteiger partial charge on any atom is 0.242 e. The molecule has 200 valence electrons. The van der Waals surface area contributed by atoms with Crippen LogP contribution in [0.2, 0.25) is 0 Å². The number of phenols is 1. The summed E-state index contributed by atoms with van der Waals surface area (Å²) in [7, 11) is 0. The van der Waals surface area contributed by atoms with Gasteiger partial charge in [-0.3, -0.25) is 9.59 Å². The van der Waals surface area contributed by atoms with Gasteiger partial charge >= 0.3 is 0 Å². The number of aromatic hydroxyl groups is 1. The standard InChI is InChI=1S/C29H49NO4S/c1-4-5-6-7-8-9-10-11-12-13-14-15-16-17-18-25(2)35-30(26(3)31)29(33)23-24-34-28-21-19-27(32)20-22-28/h19-22,25,32H,4-18,23-24H2,1-3H3. The highest BCUT2D eigenvalue weighted by Crippen LogP contribution is 2.24. The molecule has 0 saturated carbocycles. The molecule has 1 unspecified atom stereocenters. The van der Waals surface area contributed by atoms with Crippen molar-refractivity contribution in [1.82, 2.24) is 4.31 Å². The number of nitrogens with zero attached hydrogens (tertiary/aromatic N) is 1. The van der Waals surface area contributed by atoms with E-state index in [-0.39, 0.29) is 35.8 Å². The van der Waals surface area contributed by atoms with Gasteiger partial charge in [-0.25, -0.2) is 4.31 Å². The maximum absolute atomic E-state index is 12.5. The number of unbranched alkanes of at least 4 members (excludes halogenated alkanes) is 13. The zero-order chi connectivity index (χ0) is 25.7. The van der Waals surface area contributed by atoms with Gasteiger partial charge in [-0.05, 0) is 42.6 Å². The Labute approximate surface area is 218 Å². The molecule has 0 radical (unpaired) electrons. The van der Waals surface area contributed by atoms with E-state index in [1.54, 1.807) is 12.1 Å². The fraction of sp³-hybridized carbons (Fsp3) is 0.724. The van der Waals surface area contributed by atoms with Gasteiger partial charge in [0.1, 0.15) is 11.5 Å². The average molecular weight is 508 g/mol. The Bertz CT molecular complexity index is 680. The zero-order valence-corrected chi connectivity index (χ0v) is 23.3. The van der Waals surface area contributed by atoms with Gasteiger partial charge in [-0.15, -0.1) is 0 Å². The largest absolute Gasteiger partial charge is 0.508 e. The molecule has 1 N–H and O–H groups in total. The summed E-state index contributed by atoms with van der Waals surface area (Å²) in [6, 6.07) is 6.37. The highest BCUT2D eigenvalue weighted by molar-refractivity contribution is 7.98. The number of imide groups is 1. The molecule has 2 amide bonds. The maximum atomic E-state index is 12.5. The number of amides is 2. The number of benzene rings is 1. The smallest absolute Gasteiger partial charge is 0.242 e. The third-order valence-corrected chi connectivity index (χ3v) is 7.45. The fourth-order valence-corrected chi connectivity index (χ4v) is 5.06. The number of hydrogen-bond donors (Lipinski definition) is 1. The van der Waals surface area contributed by atoms with Gasteiger partial charge in [0.05, 0.1) is 13.0 Å². The highest BCUT2D eigenvalue weighted by Gasteiger charge is 2.21. The normalized spacial score (nSPS) is 11.9. The molecule has 0 aliphatic heterocycles. The molecule has 6 heteroatoms. The second-order valence-electron chi connectivity index (χ2n) is 9.60. The summed E-state index contributed by atoms with van der Waals surface area (Å²) in [5.41, 5.74) is 0.